The molecular weight excluding hydrogens is 622 g/mol. The first-order chi connectivity index (χ1) is 23.5. The minimum absolute atomic E-state index is 0.0901. The molecule has 10 nitrogen and oxygen atoms in total. The number of likely N-dealkylation sites (tertiary alicyclic amines) is 1. The molecule has 2 N–H and O–H groups in total. The highest BCUT2D eigenvalue weighted by Crippen LogP contribution is 2.59. The number of anilines is 1. The van der Waals surface area contributed by atoms with Gasteiger partial charge >= 0.3 is 5.97 Å². The number of aryl methyl sites for hydroxylation is 2. The number of rotatable bonds is 15. The molecule has 10 heteroatoms. The number of ether oxygens (including phenoxy) is 2. The lowest BCUT2D eigenvalue weighted by atomic mass is 9.70. The molecule has 0 unspecified atom stereocenters. The lowest BCUT2D eigenvalue weighted by molar-refractivity contribution is -0.147. The van der Waals surface area contributed by atoms with Crippen LogP contribution in [0.2, 0.25) is 0 Å². The summed E-state index contributed by atoms with van der Waals surface area (Å²) in [5.41, 5.74) is 2.01. The Kier molecular flexibility index (Phi) is 11.1. The molecule has 2 aromatic rings. The van der Waals surface area contributed by atoms with Crippen LogP contribution in [-0.4, -0.2) is 77.2 Å². The lowest BCUT2D eigenvalue weighted by Gasteiger charge is -2.41. The van der Waals surface area contributed by atoms with Crippen LogP contribution >= 0.6 is 0 Å². The minimum Gasteiger partial charge on any atom is -0.463 e. The van der Waals surface area contributed by atoms with Crippen LogP contribution < -0.4 is 10.2 Å². The average molecular weight is 672 g/mol. The lowest BCUT2D eigenvalue weighted by Crippen LogP contribution is -2.60. The van der Waals surface area contributed by atoms with E-state index >= 15 is 0 Å². The van der Waals surface area contributed by atoms with Gasteiger partial charge in [-0.15, -0.1) is 13.2 Å². The monoisotopic (exact) mass is 671 g/mol. The van der Waals surface area contributed by atoms with Gasteiger partial charge in [0.1, 0.15) is 18.2 Å². The third-order valence-corrected chi connectivity index (χ3v) is 10.4. The minimum atomic E-state index is -1.27. The predicted octanol–water partition coefficient (Wildman–Crippen LogP) is 4.58. The SMILES string of the molecule is C=CCCC(=O)OC[C@H](NC(=O)[C@@H]1[C@@H]2CC[C@]3(O2)[C@H](C(=O)N(CC=C)c2c(C)cccc2C)N([C@@H](CO)C(C)C)C(=O)[C@@H]13)c1ccccc1. The summed E-state index contributed by atoms with van der Waals surface area (Å²) in [6, 6.07) is 12.6. The van der Waals surface area contributed by atoms with Crippen molar-refractivity contribution in [2.45, 2.75) is 83.2 Å². The Labute approximate surface area is 289 Å². The van der Waals surface area contributed by atoms with E-state index < -0.39 is 53.5 Å². The molecule has 3 aliphatic rings. The highest BCUT2D eigenvalue weighted by molar-refractivity contribution is 6.05. The number of carbonyl (C=O) groups is 4. The Balaban J connectivity index is 1.52. The predicted molar refractivity (Wildman–Crippen MR) is 186 cm³/mol. The van der Waals surface area contributed by atoms with E-state index in [1.165, 1.54) is 4.90 Å². The Morgan fingerprint density at radius 1 is 1.10 bits per heavy atom. The summed E-state index contributed by atoms with van der Waals surface area (Å²) in [6.45, 7) is 15.0. The van der Waals surface area contributed by atoms with Crippen LogP contribution in [0.4, 0.5) is 5.69 Å². The summed E-state index contributed by atoms with van der Waals surface area (Å²) in [5.74, 6) is -3.53. The van der Waals surface area contributed by atoms with Crippen LogP contribution in [0.15, 0.2) is 73.8 Å². The van der Waals surface area contributed by atoms with Crippen molar-refractivity contribution in [3.05, 3.63) is 90.5 Å². The fraction of sp³-hybridized carbons (Fsp3) is 0.487. The summed E-state index contributed by atoms with van der Waals surface area (Å²) in [4.78, 5) is 59.6. The van der Waals surface area contributed by atoms with Gasteiger partial charge in [-0.05, 0) is 55.7 Å². The molecule has 3 saturated heterocycles. The molecule has 3 amide bonds. The van der Waals surface area contributed by atoms with Gasteiger partial charge in [0.15, 0.2) is 0 Å². The standard InChI is InChI=1S/C39H49N3O7/c1-7-9-18-31(44)48-23-28(27-16-11-10-12-17-27)40-36(45)32-30-19-20-39(49-30)33(32)37(46)42(29(22-43)24(3)4)35(39)38(47)41(21-8-2)34-25(5)14-13-15-26(34)6/h7-8,10-17,24,28-30,32-33,35,43H,1-2,9,18-23H2,3-6H3,(H,40,45)/t28-,29-,30-,32+,33+,35-,39+/m0/s1. The molecule has 0 radical (unpaired) electrons. The van der Waals surface area contributed by atoms with Crippen molar-refractivity contribution in [1.82, 2.24) is 10.2 Å². The highest BCUT2D eigenvalue weighted by atomic mass is 16.5. The van der Waals surface area contributed by atoms with Crippen molar-refractivity contribution >= 4 is 29.4 Å². The largest absolute Gasteiger partial charge is 0.463 e. The molecule has 1 spiro atoms. The Morgan fingerprint density at radius 3 is 2.41 bits per heavy atom. The third kappa shape index (κ3) is 6.68. The fourth-order valence-corrected chi connectivity index (χ4v) is 8.09. The van der Waals surface area contributed by atoms with Crippen LogP contribution in [0.3, 0.4) is 0 Å². The topological polar surface area (TPSA) is 125 Å². The third-order valence-electron chi connectivity index (χ3n) is 10.4. The van der Waals surface area contributed by atoms with E-state index in [9.17, 15) is 24.3 Å². The summed E-state index contributed by atoms with van der Waals surface area (Å²) in [6.07, 6.45) is 4.27. The van der Waals surface area contributed by atoms with Gasteiger partial charge < -0.3 is 29.7 Å². The Bertz CT molecular complexity index is 1560. The summed E-state index contributed by atoms with van der Waals surface area (Å²) in [5, 5.41) is 13.7. The smallest absolute Gasteiger partial charge is 0.306 e. The normalized spacial score (nSPS) is 25.1. The number of allylic oxidation sites excluding steroid dienone is 1. The molecule has 2 aromatic carbocycles. The van der Waals surface area contributed by atoms with Gasteiger partial charge in [-0.25, -0.2) is 0 Å². The number of nitrogens with zero attached hydrogens (tertiary/aromatic N) is 2. The van der Waals surface area contributed by atoms with Crippen LogP contribution in [0.1, 0.15) is 62.3 Å². The van der Waals surface area contributed by atoms with Crippen LogP contribution in [0.5, 0.6) is 0 Å². The van der Waals surface area contributed by atoms with Gasteiger partial charge in [0.25, 0.3) is 5.91 Å². The first kappa shape index (κ1) is 36.0. The van der Waals surface area contributed by atoms with E-state index in [1.54, 1.807) is 17.1 Å². The van der Waals surface area contributed by atoms with E-state index in [2.05, 4.69) is 18.5 Å². The first-order valence-electron chi connectivity index (χ1n) is 17.2. The summed E-state index contributed by atoms with van der Waals surface area (Å²) < 4.78 is 12.3. The molecular formula is C39H49N3O7. The second kappa shape index (κ2) is 15.1. The number of esters is 1. The number of hydrogen-bond donors (Lipinski definition) is 2. The van der Waals surface area contributed by atoms with Crippen molar-refractivity contribution in [2.75, 3.05) is 24.7 Å². The van der Waals surface area contributed by atoms with Crippen LogP contribution in [-0.2, 0) is 28.7 Å². The molecule has 0 aromatic heterocycles. The molecule has 0 saturated carbocycles. The van der Waals surface area contributed by atoms with E-state index in [-0.39, 0.29) is 43.9 Å². The van der Waals surface area contributed by atoms with E-state index in [0.29, 0.717) is 19.3 Å². The quantitative estimate of drug-likeness (QED) is 0.210. The zero-order valence-electron chi connectivity index (χ0n) is 29.0. The van der Waals surface area contributed by atoms with Gasteiger partial charge in [0, 0.05) is 18.7 Å². The zero-order chi connectivity index (χ0) is 35.5. The molecule has 49 heavy (non-hydrogen) atoms. The number of hydrogen-bond acceptors (Lipinski definition) is 7. The molecule has 3 aliphatic heterocycles. The molecule has 5 rings (SSSR count). The molecule has 2 bridgehead atoms. The molecule has 3 fully saturated rings. The molecule has 7 atom stereocenters. The van der Waals surface area contributed by atoms with Gasteiger partial charge in [0.2, 0.25) is 11.8 Å². The number of benzene rings is 2. The van der Waals surface area contributed by atoms with Crippen molar-refractivity contribution in [1.29, 1.82) is 0 Å². The maximum Gasteiger partial charge on any atom is 0.306 e. The average Bonchev–Trinajstić information content (AvgIpc) is 3.73. The second-order valence-corrected chi connectivity index (χ2v) is 13.8. The zero-order valence-corrected chi connectivity index (χ0v) is 29.0. The number of aliphatic hydroxyl groups excluding tert-OH is 1. The highest BCUT2D eigenvalue weighted by Gasteiger charge is 2.75. The second-order valence-electron chi connectivity index (χ2n) is 13.8. The van der Waals surface area contributed by atoms with Crippen molar-refractivity contribution in [3.8, 4) is 0 Å². The van der Waals surface area contributed by atoms with E-state index in [0.717, 1.165) is 22.4 Å². The van der Waals surface area contributed by atoms with Crippen molar-refractivity contribution in [2.24, 2.45) is 17.8 Å². The van der Waals surface area contributed by atoms with Crippen LogP contribution in [0, 0.1) is 31.6 Å². The summed E-state index contributed by atoms with van der Waals surface area (Å²) >= 11 is 0. The fourth-order valence-electron chi connectivity index (χ4n) is 8.09. The van der Waals surface area contributed by atoms with Crippen molar-refractivity contribution < 1.29 is 33.8 Å². The van der Waals surface area contributed by atoms with Crippen molar-refractivity contribution in [3.63, 3.8) is 0 Å². The Hall–Kier alpha value is -4.28. The van der Waals surface area contributed by atoms with Gasteiger partial charge in [-0.2, -0.15) is 0 Å². The maximum atomic E-state index is 15.0. The number of carbonyl (C=O) groups excluding carboxylic acids is 4. The van der Waals surface area contributed by atoms with Crippen LogP contribution in [0.25, 0.3) is 0 Å². The van der Waals surface area contributed by atoms with Gasteiger partial charge in [0.05, 0.1) is 36.6 Å². The van der Waals surface area contributed by atoms with E-state index in [4.69, 9.17) is 9.47 Å². The number of aliphatic hydroxyl groups is 1. The maximum absolute atomic E-state index is 15.0. The number of amides is 3. The number of para-hydroxylation sites is 1. The number of fused-ring (bicyclic) bond motifs is 1. The van der Waals surface area contributed by atoms with Gasteiger partial charge in [-0.3, -0.25) is 19.2 Å². The van der Waals surface area contributed by atoms with E-state index in [1.807, 2.05) is 76.2 Å². The molecule has 0 aliphatic carbocycles. The first-order valence-corrected chi connectivity index (χ1v) is 17.2. The summed E-state index contributed by atoms with van der Waals surface area (Å²) in [7, 11) is 0. The Morgan fingerprint density at radius 2 is 1.80 bits per heavy atom. The van der Waals surface area contributed by atoms with Gasteiger partial charge in [-0.1, -0.05) is 74.5 Å². The number of nitrogens with one attached hydrogen (secondary N) is 1. The molecule has 262 valence electrons. The molecule has 3 heterocycles.